The number of likely N-dealkylation sites (N-methyl/N-ethyl adjacent to an activating group) is 1. The Balaban J connectivity index is 1.79. The highest BCUT2D eigenvalue weighted by molar-refractivity contribution is 6.05. The van der Waals surface area contributed by atoms with Gasteiger partial charge >= 0.3 is 0 Å². The van der Waals surface area contributed by atoms with Crippen molar-refractivity contribution in [2.45, 2.75) is 19.5 Å². The molecule has 27 heavy (non-hydrogen) atoms. The van der Waals surface area contributed by atoms with E-state index in [4.69, 9.17) is 5.73 Å². The van der Waals surface area contributed by atoms with E-state index in [-0.39, 0.29) is 11.8 Å². The number of nitrogens with two attached hydrogens (primary N) is 1. The van der Waals surface area contributed by atoms with Crippen molar-refractivity contribution in [3.8, 4) is 0 Å². The lowest BCUT2D eigenvalue weighted by molar-refractivity contribution is -0.114. The van der Waals surface area contributed by atoms with Crippen molar-refractivity contribution in [2.75, 3.05) is 30.8 Å². The second-order valence-electron chi connectivity index (χ2n) is 6.76. The Morgan fingerprint density at radius 3 is 2.41 bits per heavy atom. The molecule has 0 bridgehead atoms. The molecular formula is C20H25N5O2. The lowest BCUT2D eigenvalue weighted by atomic mass is 9.95. The first kappa shape index (κ1) is 18.9. The van der Waals surface area contributed by atoms with Crippen molar-refractivity contribution in [2.24, 2.45) is 5.73 Å². The molecule has 7 nitrogen and oxygen atoms in total. The number of carbonyl (C=O) groups excluding carboxylic acids is 2. The molecule has 0 radical (unpaired) electrons. The summed E-state index contributed by atoms with van der Waals surface area (Å²) in [5.74, 6) is -0.363. The summed E-state index contributed by atoms with van der Waals surface area (Å²) in [7, 11) is 1.92. The van der Waals surface area contributed by atoms with Gasteiger partial charge in [-0.25, -0.2) is 0 Å². The lowest BCUT2D eigenvalue weighted by Crippen LogP contribution is -2.47. The highest BCUT2D eigenvalue weighted by atomic mass is 16.2. The number of carbonyl (C=O) groups is 2. The number of allylic oxidation sites excluding steroid dienone is 1. The second kappa shape index (κ2) is 8.20. The van der Waals surface area contributed by atoms with Crippen molar-refractivity contribution in [3.05, 3.63) is 59.3 Å². The third-order valence-electron chi connectivity index (χ3n) is 4.62. The van der Waals surface area contributed by atoms with Gasteiger partial charge in [0.15, 0.2) is 0 Å². The van der Waals surface area contributed by atoms with Crippen LogP contribution in [0.5, 0.6) is 0 Å². The van der Waals surface area contributed by atoms with Crippen LogP contribution in [0.25, 0.3) is 0 Å². The van der Waals surface area contributed by atoms with E-state index >= 15 is 0 Å². The first-order valence-corrected chi connectivity index (χ1v) is 8.92. The van der Waals surface area contributed by atoms with Crippen LogP contribution in [0.3, 0.4) is 0 Å². The van der Waals surface area contributed by atoms with Crippen LogP contribution in [0.2, 0.25) is 0 Å². The van der Waals surface area contributed by atoms with Gasteiger partial charge in [0.2, 0.25) is 5.91 Å². The van der Waals surface area contributed by atoms with Crippen LogP contribution < -0.4 is 21.7 Å². The maximum Gasteiger partial charge on any atom is 0.254 e. The summed E-state index contributed by atoms with van der Waals surface area (Å²) in [5, 5.41) is 8.76. The molecule has 0 aliphatic carbocycles. The van der Waals surface area contributed by atoms with Crippen LogP contribution in [-0.4, -0.2) is 43.0 Å². The molecule has 0 saturated heterocycles. The van der Waals surface area contributed by atoms with Crippen LogP contribution in [0, 0.1) is 0 Å². The molecule has 3 rings (SSSR count). The highest BCUT2D eigenvalue weighted by Crippen LogP contribution is 2.24. The molecular weight excluding hydrogens is 342 g/mol. The Labute approximate surface area is 159 Å². The predicted molar refractivity (Wildman–Crippen MR) is 107 cm³/mol. The molecule has 0 aromatic heterocycles. The average Bonchev–Trinajstić information content (AvgIpc) is 2.65. The minimum absolute atomic E-state index is 0.138. The molecule has 1 atom stereocenters. The molecule has 142 valence electrons. The number of benzene rings is 1. The van der Waals surface area contributed by atoms with Crippen LogP contribution in [0.1, 0.15) is 13.3 Å². The SMILES string of the molecule is CC(=O)Nc1ccc(NC(=O)C2=CC(=C3C=CNCC3)CN(C)C2N)cc1. The quantitative estimate of drug-likeness (QED) is 0.650. The maximum atomic E-state index is 12.8. The lowest BCUT2D eigenvalue weighted by Gasteiger charge is -2.32. The third-order valence-corrected chi connectivity index (χ3v) is 4.62. The van der Waals surface area contributed by atoms with E-state index in [1.807, 2.05) is 24.2 Å². The second-order valence-corrected chi connectivity index (χ2v) is 6.76. The summed E-state index contributed by atoms with van der Waals surface area (Å²) < 4.78 is 0. The van der Waals surface area contributed by atoms with Crippen molar-refractivity contribution in [3.63, 3.8) is 0 Å². The van der Waals surface area contributed by atoms with Gasteiger partial charge in [0, 0.05) is 37.0 Å². The number of hydrogen-bond acceptors (Lipinski definition) is 5. The number of anilines is 2. The highest BCUT2D eigenvalue weighted by Gasteiger charge is 2.27. The van der Waals surface area contributed by atoms with Gasteiger partial charge in [-0.15, -0.1) is 0 Å². The van der Waals surface area contributed by atoms with Gasteiger partial charge in [-0.3, -0.25) is 14.5 Å². The van der Waals surface area contributed by atoms with Crippen LogP contribution in [-0.2, 0) is 9.59 Å². The van der Waals surface area contributed by atoms with Crippen molar-refractivity contribution >= 4 is 23.2 Å². The molecule has 7 heteroatoms. The fourth-order valence-electron chi connectivity index (χ4n) is 3.16. The molecule has 2 heterocycles. The number of hydrogen-bond donors (Lipinski definition) is 4. The Bertz CT molecular complexity index is 823. The van der Waals surface area contributed by atoms with Gasteiger partial charge in [0.1, 0.15) is 0 Å². The van der Waals surface area contributed by atoms with Crippen molar-refractivity contribution < 1.29 is 9.59 Å². The molecule has 1 aromatic carbocycles. The van der Waals surface area contributed by atoms with E-state index in [0.717, 1.165) is 18.5 Å². The van der Waals surface area contributed by atoms with E-state index in [2.05, 4.69) is 22.0 Å². The Morgan fingerprint density at radius 2 is 1.81 bits per heavy atom. The number of nitrogens with zero attached hydrogens (tertiary/aromatic N) is 1. The van der Waals surface area contributed by atoms with Gasteiger partial charge < -0.3 is 21.7 Å². The first-order valence-electron chi connectivity index (χ1n) is 8.92. The molecule has 0 spiro atoms. The number of nitrogens with one attached hydrogen (secondary N) is 3. The number of amides is 2. The standard InChI is InChI=1S/C20H25N5O2/c1-13(26)23-16-3-5-17(6-4-16)24-20(27)18-11-15(12-25(2)19(18)21)14-7-9-22-10-8-14/h3-7,9,11,19,22H,8,10,12,21H2,1-2H3,(H,23,26)(H,24,27). The number of rotatable bonds is 3. The Morgan fingerprint density at radius 1 is 1.15 bits per heavy atom. The van der Waals surface area contributed by atoms with Crippen molar-refractivity contribution in [1.82, 2.24) is 10.2 Å². The van der Waals surface area contributed by atoms with Gasteiger partial charge in [0.05, 0.1) is 6.17 Å². The molecule has 1 aromatic rings. The van der Waals surface area contributed by atoms with E-state index in [9.17, 15) is 9.59 Å². The molecule has 2 amide bonds. The summed E-state index contributed by atoms with van der Waals surface area (Å²) in [6.07, 6.45) is 6.36. The smallest absolute Gasteiger partial charge is 0.254 e. The van der Waals surface area contributed by atoms with Gasteiger partial charge in [-0.1, -0.05) is 0 Å². The molecule has 0 saturated carbocycles. The molecule has 2 aliphatic heterocycles. The summed E-state index contributed by atoms with van der Waals surface area (Å²) in [4.78, 5) is 25.9. The zero-order chi connectivity index (χ0) is 19.4. The van der Waals surface area contributed by atoms with Crippen LogP contribution >= 0.6 is 0 Å². The molecule has 0 fully saturated rings. The third kappa shape index (κ3) is 4.64. The summed E-state index contributed by atoms with van der Waals surface area (Å²) >= 11 is 0. The molecule has 2 aliphatic rings. The van der Waals surface area contributed by atoms with E-state index in [1.165, 1.54) is 12.5 Å². The fraction of sp³-hybridized carbons (Fsp3) is 0.300. The monoisotopic (exact) mass is 367 g/mol. The summed E-state index contributed by atoms with van der Waals surface area (Å²) in [6.45, 7) is 3.05. The van der Waals surface area contributed by atoms with Crippen molar-refractivity contribution in [1.29, 1.82) is 0 Å². The predicted octanol–water partition coefficient (Wildman–Crippen LogP) is 1.54. The van der Waals surface area contributed by atoms with Gasteiger partial charge in [0.25, 0.3) is 5.91 Å². The Hall–Kier alpha value is -2.90. The zero-order valence-electron chi connectivity index (χ0n) is 15.6. The topological polar surface area (TPSA) is 99.5 Å². The van der Waals surface area contributed by atoms with Gasteiger partial charge in [-0.05, 0) is 67.2 Å². The van der Waals surface area contributed by atoms with E-state index < -0.39 is 6.17 Å². The molecule has 5 N–H and O–H groups in total. The van der Waals surface area contributed by atoms with Gasteiger partial charge in [-0.2, -0.15) is 0 Å². The normalized spacial score (nSPS) is 22.6. The minimum atomic E-state index is -0.460. The summed E-state index contributed by atoms with van der Waals surface area (Å²) in [6, 6.07) is 6.98. The van der Waals surface area contributed by atoms with E-state index in [0.29, 0.717) is 23.5 Å². The largest absolute Gasteiger partial charge is 0.391 e. The first-order chi connectivity index (χ1) is 12.9. The summed E-state index contributed by atoms with van der Waals surface area (Å²) in [5.41, 5.74) is 10.4. The Kier molecular flexibility index (Phi) is 5.73. The minimum Gasteiger partial charge on any atom is -0.391 e. The van der Waals surface area contributed by atoms with Crippen LogP contribution in [0.4, 0.5) is 11.4 Å². The average molecular weight is 367 g/mol. The maximum absolute atomic E-state index is 12.8. The molecule has 1 unspecified atom stereocenters. The fourth-order valence-corrected chi connectivity index (χ4v) is 3.16. The zero-order valence-corrected chi connectivity index (χ0v) is 15.6. The van der Waals surface area contributed by atoms with E-state index in [1.54, 1.807) is 24.3 Å². The van der Waals surface area contributed by atoms with Crippen LogP contribution in [0.15, 0.2) is 59.3 Å².